The Morgan fingerprint density at radius 1 is 1.42 bits per heavy atom. The van der Waals surface area contributed by atoms with Gasteiger partial charge in [-0.05, 0) is 12.3 Å². The molecular weight excluding hydrogens is 472 g/mol. The summed E-state index contributed by atoms with van der Waals surface area (Å²) in [6.45, 7) is 5.03. The Balaban J connectivity index is 3.06. The highest BCUT2D eigenvalue weighted by Gasteiger charge is 2.68. The van der Waals surface area contributed by atoms with Crippen molar-refractivity contribution in [3.63, 3.8) is 0 Å². The van der Waals surface area contributed by atoms with Crippen molar-refractivity contribution < 1.29 is 22.5 Å². The van der Waals surface area contributed by atoms with Gasteiger partial charge in [-0.2, -0.15) is 8.42 Å². The minimum atomic E-state index is -3.69. The number of carboxylic acid groups (broad SMARTS) is 1. The van der Waals surface area contributed by atoms with Gasteiger partial charge in [-0.3, -0.25) is 8.98 Å². The summed E-state index contributed by atoms with van der Waals surface area (Å²) in [7, 11) is -3.69. The van der Waals surface area contributed by atoms with Crippen molar-refractivity contribution in [1.82, 2.24) is 0 Å². The lowest BCUT2D eigenvalue weighted by Crippen LogP contribution is -2.34. The third-order valence-corrected chi connectivity index (χ3v) is 5.99. The van der Waals surface area contributed by atoms with Gasteiger partial charge in [0.25, 0.3) is 10.1 Å². The Bertz CT molecular complexity index is 468. The van der Waals surface area contributed by atoms with Crippen LogP contribution in [0.3, 0.4) is 0 Å². The van der Waals surface area contributed by atoms with Crippen LogP contribution >= 0.6 is 47.8 Å². The molecule has 1 rings (SSSR count). The number of carboxylic acids is 1. The van der Waals surface area contributed by atoms with E-state index in [-0.39, 0.29) is 5.75 Å². The van der Waals surface area contributed by atoms with Crippen molar-refractivity contribution in [3.05, 3.63) is 0 Å². The molecule has 0 aromatic rings. The van der Waals surface area contributed by atoms with Gasteiger partial charge in [0.05, 0.1) is 11.7 Å². The summed E-state index contributed by atoms with van der Waals surface area (Å²) in [5.74, 6) is -2.19. The molecule has 112 valence electrons. The molecule has 9 heteroatoms. The number of hydrogen-bond donors (Lipinski definition) is 1. The maximum absolute atomic E-state index is 11.6. The average Bonchev–Trinajstić information content (AvgIpc) is 2.76. The smallest absolute Gasteiger partial charge is 0.307 e. The van der Waals surface area contributed by atoms with Crippen LogP contribution in [0, 0.1) is 17.3 Å². The molecule has 0 bridgehead atoms. The van der Waals surface area contributed by atoms with Crippen molar-refractivity contribution in [2.75, 3.05) is 5.75 Å². The van der Waals surface area contributed by atoms with Crippen molar-refractivity contribution in [3.8, 4) is 0 Å². The highest BCUT2D eigenvalue weighted by atomic mass is 80.0. The molecule has 5 nitrogen and oxygen atoms in total. The second-order valence-electron chi connectivity index (χ2n) is 5.07. The lowest BCUT2D eigenvalue weighted by molar-refractivity contribution is -0.139. The first-order valence-electron chi connectivity index (χ1n) is 5.55. The third kappa shape index (κ3) is 3.93. The summed E-state index contributed by atoms with van der Waals surface area (Å²) in [6.07, 6.45) is -0.867. The number of alkyl halides is 3. The zero-order valence-electron chi connectivity index (χ0n) is 10.6. The first-order valence-corrected chi connectivity index (χ1v) is 9.50. The third-order valence-electron chi connectivity index (χ3n) is 3.43. The molecule has 3 atom stereocenters. The van der Waals surface area contributed by atoms with E-state index >= 15 is 0 Å². The Morgan fingerprint density at radius 2 is 1.89 bits per heavy atom. The van der Waals surface area contributed by atoms with Crippen LogP contribution in [0.15, 0.2) is 0 Å². The summed E-state index contributed by atoms with van der Waals surface area (Å²) in [4.78, 5) is 11.2. The van der Waals surface area contributed by atoms with E-state index in [1.165, 1.54) is 6.92 Å². The average molecular weight is 487 g/mol. The fourth-order valence-corrected chi connectivity index (χ4v) is 4.48. The van der Waals surface area contributed by atoms with Gasteiger partial charge < -0.3 is 5.11 Å². The lowest BCUT2D eigenvalue weighted by Gasteiger charge is -2.26. The van der Waals surface area contributed by atoms with E-state index < -0.39 is 41.6 Å². The first-order chi connectivity index (χ1) is 8.34. The van der Waals surface area contributed by atoms with Gasteiger partial charge in [0.1, 0.15) is 6.10 Å². The molecule has 0 aliphatic heterocycles. The summed E-state index contributed by atoms with van der Waals surface area (Å²) < 4.78 is 27.4. The van der Waals surface area contributed by atoms with Crippen LogP contribution < -0.4 is 0 Å². The van der Waals surface area contributed by atoms with Crippen molar-refractivity contribution in [2.45, 2.75) is 29.0 Å². The van der Waals surface area contributed by atoms with Crippen LogP contribution in [0.25, 0.3) is 0 Å². The summed E-state index contributed by atoms with van der Waals surface area (Å²) >= 11 is 9.74. The molecule has 0 saturated heterocycles. The molecule has 0 aromatic carbocycles. The van der Waals surface area contributed by atoms with Crippen LogP contribution in [-0.2, 0) is 19.1 Å². The zero-order chi connectivity index (χ0) is 15.2. The molecule has 19 heavy (non-hydrogen) atoms. The largest absolute Gasteiger partial charge is 0.481 e. The van der Waals surface area contributed by atoms with Gasteiger partial charge >= 0.3 is 5.97 Å². The second kappa shape index (κ2) is 5.55. The molecule has 0 spiro atoms. The van der Waals surface area contributed by atoms with Crippen LogP contribution in [0.5, 0.6) is 0 Å². The summed E-state index contributed by atoms with van der Waals surface area (Å²) in [6, 6.07) is 0. The van der Waals surface area contributed by atoms with Crippen molar-refractivity contribution in [2.24, 2.45) is 17.3 Å². The molecule has 0 heterocycles. The van der Waals surface area contributed by atoms with Gasteiger partial charge in [0.15, 0.2) is 2.14 Å². The van der Waals surface area contributed by atoms with Gasteiger partial charge in [0, 0.05) is 5.92 Å². The van der Waals surface area contributed by atoms with E-state index in [4.69, 9.17) is 4.18 Å². The van der Waals surface area contributed by atoms with Crippen LogP contribution in [0.4, 0.5) is 0 Å². The molecule has 0 unspecified atom stereocenters. The van der Waals surface area contributed by atoms with Gasteiger partial charge in [-0.15, -0.1) is 0 Å². The molecule has 0 radical (unpaired) electrons. The molecule has 1 aliphatic rings. The monoisotopic (exact) mass is 484 g/mol. The van der Waals surface area contributed by atoms with Crippen molar-refractivity contribution >= 4 is 63.9 Å². The summed E-state index contributed by atoms with van der Waals surface area (Å²) in [5.41, 5.74) is -0.527. The maximum atomic E-state index is 11.6. The Morgan fingerprint density at radius 3 is 2.16 bits per heavy atom. The predicted molar refractivity (Wildman–Crippen MR) is 82.2 cm³/mol. The topological polar surface area (TPSA) is 80.7 Å². The maximum Gasteiger partial charge on any atom is 0.307 e. The molecule has 1 N–H and O–H groups in total. The number of carbonyl (C=O) groups is 1. The SMILES string of the molecule is CCS(=O)(=O)O[C@@H]([C@H]1[C@@H](C(=O)O)C1(C)C)C(Br)(Br)Br. The second-order valence-corrected chi connectivity index (χ2v) is 13.9. The van der Waals surface area contributed by atoms with Gasteiger partial charge in [-0.25, -0.2) is 0 Å². The molecular formula is C10H15Br3O5S. The van der Waals surface area contributed by atoms with Crippen LogP contribution in [0.2, 0.25) is 0 Å². The molecule has 1 saturated carbocycles. The molecule has 1 fully saturated rings. The van der Waals surface area contributed by atoms with Gasteiger partial charge in [-0.1, -0.05) is 61.6 Å². The zero-order valence-corrected chi connectivity index (χ0v) is 16.1. The minimum Gasteiger partial charge on any atom is -0.481 e. The highest BCUT2D eigenvalue weighted by molar-refractivity contribution is 9.39. The predicted octanol–water partition coefficient (Wildman–Crippen LogP) is 2.92. The van der Waals surface area contributed by atoms with Crippen LogP contribution in [-0.4, -0.2) is 33.5 Å². The fourth-order valence-electron chi connectivity index (χ4n) is 2.26. The number of aliphatic carboxylic acids is 1. The van der Waals surface area contributed by atoms with E-state index in [1.54, 1.807) is 13.8 Å². The fraction of sp³-hybridized carbons (Fsp3) is 0.900. The Hall–Kier alpha value is 0.820. The van der Waals surface area contributed by atoms with Gasteiger partial charge in [0.2, 0.25) is 0 Å². The van der Waals surface area contributed by atoms with E-state index in [0.717, 1.165) is 0 Å². The van der Waals surface area contributed by atoms with Crippen molar-refractivity contribution in [1.29, 1.82) is 0 Å². The van der Waals surface area contributed by atoms with E-state index in [0.29, 0.717) is 0 Å². The molecule has 1 aliphatic carbocycles. The number of halogens is 3. The van der Waals surface area contributed by atoms with E-state index in [9.17, 15) is 18.3 Å². The minimum absolute atomic E-state index is 0.169. The quantitative estimate of drug-likeness (QED) is 0.477. The highest BCUT2D eigenvalue weighted by Crippen LogP contribution is 2.64. The number of hydrogen-bond acceptors (Lipinski definition) is 4. The standard InChI is InChI=1S/C10H15Br3O5S/c1-4-19(16,17)18-7(10(11,12)13)5-6(8(14)15)9(5,2)3/h5-7H,4H2,1-3H3,(H,14,15)/t5-,6+,7+/m1/s1. The van der Waals surface area contributed by atoms with Crippen LogP contribution in [0.1, 0.15) is 20.8 Å². The molecule has 0 amide bonds. The molecule has 0 aromatic heterocycles. The lowest BCUT2D eigenvalue weighted by atomic mass is 10.1. The first kappa shape index (κ1) is 17.9. The van der Waals surface area contributed by atoms with E-state index in [1.807, 2.05) is 0 Å². The normalized spacial score (nSPS) is 27.9. The van der Waals surface area contributed by atoms with E-state index in [2.05, 4.69) is 47.8 Å². The Labute approximate surface area is 138 Å². The Kier molecular flexibility index (Phi) is 5.22. The summed E-state index contributed by atoms with van der Waals surface area (Å²) in [5, 5.41) is 9.18. The number of rotatable bonds is 5.